The van der Waals surface area contributed by atoms with Crippen LogP contribution in [0.25, 0.3) is 0 Å². The number of fused-ring (bicyclic) bond motifs is 5. The van der Waals surface area contributed by atoms with E-state index in [0.717, 1.165) is 24.2 Å². The van der Waals surface area contributed by atoms with Gasteiger partial charge >= 0.3 is 5.97 Å². The van der Waals surface area contributed by atoms with Gasteiger partial charge in [0.1, 0.15) is 6.10 Å². The Morgan fingerprint density at radius 3 is 2.55 bits per heavy atom. The number of hydrogen-bond donors (Lipinski definition) is 0. The molecule has 22 heavy (non-hydrogen) atoms. The molecule has 0 radical (unpaired) electrons. The monoisotopic (exact) mass is 301 g/mol. The zero-order valence-electron chi connectivity index (χ0n) is 12.3. The summed E-state index contributed by atoms with van der Waals surface area (Å²) in [6, 6.07) is 5.66. The van der Waals surface area contributed by atoms with Gasteiger partial charge in [-0.25, -0.2) is 4.79 Å². The van der Waals surface area contributed by atoms with Crippen LogP contribution in [0.2, 0.25) is 0 Å². The Morgan fingerprint density at radius 1 is 1.09 bits per heavy atom. The van der Waals surface area contributed by atoms with Gasteiger partial charge in [-0.15, -0.1) is 0 Å². The van der Waals surface area contributed by atoms with Gasteiger partial charge in [-0.05, 0) is 61.5 Å². The Balaban J connectivity index is 1.43. The van der Waals surface area contributed by atoms with Crippen LogP contribution in [0.15, 0.2) is 24.3 Å². The molecule has 3 aliphatic rings. The highest BCUT2D eigenvalue weighted by Crippen LogP contribution is 2.59. The highest BCUT2D eigenvalue weighted by atomic mass is 16.6. The molecule has 3 fully saturated rings. The average molecular weight is 301 g/mol. The van der Waals surface area contributed by atoms with Crippen molar-refractivity contribution in [3.05, 3.63) is 39.9 Å². The van der Waals surface area contributed by atoms with Gasteiger partial charge in [-0.3, -0.25) is 10.1 Å². The summed E-state index contributed by atoms with van der Waals surface area (Å²) in [4.78, 5) is 22.4. The first-order chi connectivity index (χ1) is 10.6. The number of nitro benzene ring substituents is 1. The third-order valence-electron chi connectivity index (χ3n) is 5.94. The summed E-state index contributed by atoms with van der Waals surface area (Å²) in [7, 11) is 0. The van der Waals surface area contributed by atoms with Gasteiger partial charge in [0.15, 0.2) is 0 Å². The number of ether oxygens (including phenoxy) is 1. The number of rotatable bonds is 3. The van der Waals surface area contributed by atoms with Crippen LogP contribution in [0.5, 0.6) is 0 Å². The lowest BCUT2D eigenvalue weighted by atomic mass is 9.80. The van der Waals surface area contributed by atoms with E-state index < -0.39 is 4.92 Å². The molecule has 4 rings (SSSR count). The molecule has 1 aromatic rings. The summed E-state index contributed by atoms with van der Waals surface area (Å²) in [5, 5.41) is 10.6. The van der Waals surface area contributed by atoms with Gasteiger partial charge < -0.3 is 4.74 Å². The first-order valence-corrected chi connectivity index (χ1v) is 8.09. The van der Waals surface area contributed by atoms with Crippen LogP contribution in [0.1, 0.15) is 42.5 Å². The van der Waals surface area contributed by atoms with Crippen LogP contribution in [-0.2, 0) is 4.74 Å². The molecule has 0 saturated heterocycles. The number of benzene rings is 1. The molecule has 1 aromatic carbocycles. The standard InChI is InChI=1S/C17H19NO4/c19-17(10-4-6-12(7-5-10)18(20)21)22-16-9-11-8-15(16)14-3-1-2-13(11)14/h4-7,11,13-16H,1-3,8-9H2/t11-,13-,14+,15-,16-/m1/s1. The molecule has 5 nitrogen and oxygen atoms in total. The third kappa shape index (κ3) is 2.11. The minimum absolute atomic E-state index is 0.00901. The molecule has 0 heterocycles. The molecule has 0 spiro atoms. The molecule has 0 unspecified atom stereocenters. The first-order valence-electron chi connectivity index (χ1n) is 8.09. The van der Waals surface area contributed by atoms with E-state index in [9.17, 15) is 14.9 Å². The van der Waals surface area contributed by atoms with E-state index >= 15 is 0 Å². The van der Waals surface area contributed by atoms with Gasteiger partial charge in [-0.1, -0.05) is 6.42 Å². The highest BCUT2D eigenvalue weighted by molar-refractivity contribution is 5.89. The second-order valence-electron chi connectivity index (χ2n) is 6.90. The van der Waals surface area contributed by atoms with Crippen molar-refractivity contribution in [2.24, 2.45) is 23.7 Å². The second-order valence-corrected chi connectivity index (χ2v) is 6.90. The smallest absolute Gasteiger partial charge is 0.338 e. The van der Waals surface area contributed by atoms with Crippen LogP contribution < -0.4 is 0 Å². The van der Waals surface area contributed by atoms with Crippen molar-refractivity contribution >= 4 is 11.7 Å². The summed E-state index contributed by atoms with van der Waals surface area (Å²) in [6.07, 6.45) is 6.24. The fraction of sp³-hybridized carbons (Fsp3) is 0.588. The number of carbonyl (C=O) groups excluding carboxylic acids is 1. The molecule has 0 N–H and O–H groups in total. The Labute approximate surface area is 128 Å². The van der Waals surface area contributed by atoms with Gasteiger partial charge in [0.05, 0.1) is 10.5 Å². The number of nitro groups is 1. The van der Waals surface area contributed by atoms with E-state index in [1.54, 1.807) is 0 Å². The lowest BCUT2D eigenvalue weighted by Gasteiger charge is -2.31. The number of non-ortho nitro benzene ring substituents is 1. The van der Waals surface area contributed by atoms with Crippen molar-refractivity contribution in [2.75, 3.05) is 0 Å². The normalized spacial score (nSPS) is 35.4. The summed E-state index contributed by atoms with van der Waals surface area (Å²) in [6.45, 7) is 0. The van der Waals surface area contributed by atoms with Crippen LogP contribution in [0, 0.1) is 33.8 Å². The number of carbonyl (C=O) groups is 1. The first kappa shape index (κ1) is 13.7. The Morgan fingerprint density at radius 2 is 1.82 bits per heavy atom. The predicted octanol–water partition coefficient (Wildman–Crippen LogP) is 3.58. The lowest BCUT2D eigenvalue weighted by Crippen LogP contribution is -2.32. The molecule has 0 aromatic heterocycles. The maximum atomic E-state index is 12.3. The molecule has 5 heteroatoms. The van der Waals surface area contributed by atoms with Gasteiger partial charge in [0.25, 0.3) is 5.69 Å². The second kappa shape index (κ2) is 5.07. The molecule has 3 saturated carbocycles. The van der Waals surface area contributed by atoms with Crippen molar-refractivity contribution in [1.29, 1.82) is 0 Å². The van der Waals surface area contributed by atoms with E-state index in [-0.39, 0.29) is 17.8 Å². The van der Waals surface area contributed by atoms with Crippen molar-refractivity contribution in [1.82, 2.24) is 0 Å². The van der Waals surface area contributed by atoms with E-state index in [1.807, 2.05) is 0 Å². The van der Waals surface area contributed by atoms with Crippen LogP contribution in [0.4, 0.5) is 5.69 Å². The minimum atomic E-state index is -0.467. The molecule has 0 aliphatic heterocycles. The van der Waals surface area contributed by atoms with Crippen LogP contribution in [-0.4, -0.2) is 17.0 Å². The average Bonchev–Trinajstić information content (AvgIpc) is 3.19. The molecule has 116 valence electrons. The van der Waals surface area contributed by atoms with Crippen molar-refractivity contribution in [2.45, 2.75) is 38.2 Å². The largest absolute Gasteiger partial charge is 0.458 e. The van der Waals surface area contributed by atoms with Crippen molar-refractivity contribution < 1.29 is 14.5 Å². The number of hydrogen-bond acceptors (Lipinski definition) is 4. The summed E-state index contributed by atoms with van der Waals surface area (Å²) < 4.78 is 5.73. The van der Waals surface area contributed by atoms with Crippen molar-refractivity contribution in [3.63, 3.8) is 0 Å². The van der Waals surface area contributed by atoms with Crippen LogP contribution >= 0.6 is 0 Å². The SMILES string of the molecule is O=C(O[C@@H]1C[C@H]2C[C@@H]1[C@H]1CCC[C@H]21)c1ccc([N+](=O)[O-])cc1. The fourth-order valence-corrected chi connectivity index (χ4v) is 5.07. The maximum absolute atomic E-state index is 12.3. The summed E-state index contributed by atoms with van der Waals surface area (Å²) >= 11 is 0. The van der Waals surface area contributed by atoms with E-state index in [2.05, 4.69) is 0 Å². The lowest BCUT2D eigenvalue weighted by molar-refractivity contribution is -0.384. The van der Waals surface area contributed by atoms with Crippen LogP contribution in [0.3, 0.4) is 0 Å². The molecule has 5 atom stereocenters. The topological polar surface area (TPSA) is 69.4 Å². The van der Waals surface area contributed by atoms with Gasteiger partial charge in [0.2, 0.25) is 0 Å². The Hall–Kier alpha value is -1.91. The van der Waals surface area contributed by atoms with E-state index in [0.29, 0.717) is 11.5 Å². The highest BCUT2D eigenvalue weighted by Gasteiger charge is 2.55. The minimum Gasteiger partial charge on any atom is -0.458 e. The molecular formula is C17H19NO4. The van der Waals surface area contributed by atoms with E-state index in [1.165, 1.54) is 49.9 Å². The Kier molecular flexibility index (Phi) is 3.17. The number of nitrogens with zero attached hydrogens (tertiary/aromatic N) is 1. The summed E-state index contributed by atoms with van der Waals surface area (Å²) in [5.74, 6) is 2.57. The summed E-state index contributed by atoms with van der Waals surface area (Å²) in [5.41, 5.74) is 0.390. The third-order valence-corrected chi connectivity index (χ3v) is 5.94. The fourth-order valence-electron chi connectivity index (χ4n) is 5.07. The zero-order valence-corrected chi connectivity index (χ0v) is 12.3. The molecule has 0 amide bonds. The van der Waals surface area contributed by atoms with E-state index in [4.69, 9.17) is 4.74 Å². The maximum Gasteiger partial charge on any atom is 0.338 e. The Bertz CT molecular complexity index is 612. The van der Waals surface area contributed by atoms with Gasteiger partial charge in [0, 0.05) is 12.1 Å². The predicted molar refractivity (Wildman–Crippen MR) is 79.3 cm³/mol. The quantitative estimate of drug-likeness (QED) is 0.486. The molecule has 3 aliphatic carbocycles. The molecular weight excluding hydrogens is 282 g/mol. The van der Waals surface area contributed by atoms with Gasteiger partial charge in [-0.2, -0.15) is 0 Å². The molecule has 2 bridgehead atoms. The number of esters is 1. The van der Waals surface area contributed by atoms with Crippen molar-refractivity contribution in [3.8, 4) is 0 Å². The zero-order chi connectivity index (χ0) is 15.3.